The second-order valence-electron chi connectivity index (χ2n) is 14.4. The van der Waals surface area contributed by atoms with Gasteiger partial charge in [0.05, 0.1) is 6.66 Å². The van der Waals surface area contributed by atoms with E-state index in [-0.39, 0.29) is 62.5 Å². The van der Waals surface area contributed by atoms with Gasteiger partial charge in [0.2, 0.25) is 0 Å². The van der Waals surface area contributed by atoms with Gasteiger partial charge >= 0.3 is 7.60 Å². The average molecular weight is 811 g/mol. The fraction of sp³-hybridized carbons (Fsp3) is 0.176. The molecule has 3 aliphatic carbocycles. The predicted molar refractivity (Wildman–Crippen MR) is 241 cm³/mol. The standard InChI is InChI=1S/C20H14O2.C15H16O2.C13H13O3P.3CH4/c21-15-9-10-16(22)20-18-12-6-2-1-5-11(12)17(19(15)20)13-7-3-4-8-14(13)18;1-15(2,11-3-7-13(16)8-4-11)12-5-9-14(17)10-6-12;1-17(14,15-12-8-4-2-5-9-12)16-13-10-6-3-7-11-13;;;/h1-10,17-18,21-22H;3-10,16-17H,1-2H3;2-11H,1H3;3*1H4. The quantitative estimate of drug-likeness (QED) is 0.0976. The van der Waals surface area contributed by atoms with Crippen LogP contribution >= 0.6 is 7.60 Å². The summed E-state index contributed by atoms with van der Waals surface area (Å²) in [5.74, 6) is 2.16. The Morgan fingerprint density at radius 1 is 0.441 bits per heavy atom. The smallest absolute Gasteiger partial charge is 0.427 e. The van der Waals surface area contributed by atoms with Crippen LogP contribution in [-0.2, 0) is 9.98 Å². The molecule has 0 aromatic heterocycles. The molecule has 0 atom stereocenters. The Labute approximate surface area is 349 Å². The molecular weight excluding hydrogens is 756 g/mol. The summed E-state index contributed by atoms with van der Waals surface area (Å²) in [5.41, 5.74) is 8.77. The van der Waals surface area contributed by atoms with Crippen molar-refractivity contribution in [3.63, 3.8) is 0 Å². The molecule has 0 saturated heterocycles. The fourth-order valence-corrected chi connectivity index (χ4v) is 8.58. The molecule has 7 aromatic carbocycles. The lowest BCUT2D eigenvalue weighted by molar-refractivity contribution is 0.393. The normalized spacial score (nSPS) is 13.9. The highest BCUT2D eigenvalue weighted by atomic mass is 31.2. The zero-order valence-corrected chi connectivity index (χ0v) is 32.2. The lowest BCUT2D eigenvalue weighted by atomic mass is 9.61. The van der Waals surface area contributed by atoms with E-state index in [0.717, 1.165) is 22.3 Å². The van der Waals surface area contributed by atoms with Crippen LogP contribution in [0.25, 0.3) is 0 Å². The maximum atomic E-state index is 12.1. The molecule has 0 spiro atoms. The Bertz CT molecular complexity index is 2270. The molecule has 7 nitrogen and oxygen atoms in total. The Hall–Kier alpha value is -6.43. The minimum Gasteiger partial charge on any atom is -0.508 e. The fourth-order valence-electron chi connectivity index (χ4n) is 7.54. The zero-order chi connectivity index (χ0) is 39.5. The van der Waals surface area contributed by atoms with Gasteiger partial charge in [-0.25, -0.2) is 4.57 Å². The van der Waals surface area contributed by atoms with Crippen molar-refractivity contribution < 1.29 is 34.0 Å². The number of aromatic hydroxyl groups is 4. The lowest BCUT2D eigenvalue weighted by Crippen LogP contribution is -2.27. The topological polar surface area (TPSA) is 116 Å². The molecule has 59 heavy (non-hydrogen) atoms. The molecular formula is C51H55O7P. The Morgan fingerprint density at radius 2 is 0.729 bits per heavy atom. The first kappa shape index (κ1) is 45.3. The van der Waals surface area contributed by atoms with Crippen LogP contribution in [0.15, 0.2) is 170 Å². The van der Waals surface area contributed by atoms with Gasteiger partial charge in [0.1, 0.15) is 34.5 Å². The van der Waals surface area contributed by atoms with E-state index in [1.807, 2.05) is 84.9 Å². The summed E-state index contributed by atoms with van der Waals surface area (Å²) in [4.78, 5) is 0. The van der Waals surface area contributed by atoms with Crippen molar-refractivity contribution in [2.75, 3.05) is 6.66 Å². The van der Waals surface area contributed by atoms with Crippen molar-refractivity contribution in [1.82, 2.24) is 0 Å². The van der Waals surface area contributed by atoms with Gasteiger partial charge in [-0.05, 0) is 94.0 Å². The first-order valence-electron chi connectivity index (χ1n) is 18.3. The molecule has 0 heterocycles. The van der Waals surface area contributed by atoms with Crippen LogP contribution in [0.4, 0.5) is 0 Å². The van der Waals surface area contributed by atoms with Crippen molar-refractivity contribution >= 4 is 7.60 Å². The molecule has 0 amide bonds. The van der Waals surface area contributed by atoms with Crippen LogP contribution in [0.3, 0.4) is 0 Å². The molecule has 306 valence electrons. The number of phenolic OH excluding ortho intramolecular Hbond substituents is 4. The third-order valence-corrected chi connectivity index (χ3v) is 11.3. The van der Waals surface area contributed by atoms with Crippen LogP contribution in [0.2, 0.25) is 0 Å². The summed E-state index contributed by atoms with van der Waals surface area (Å²) in [5, 5.41) is 39.5. The number of rotatable bonds is 6. The second kappa shape index (κ2) is 18.9. The van der Waals surface area contributed by atoms with E-state index in [9.17, 15) is 25.0 Å². The minimum absolute atomic E-state index is 0. The lowest BCUT2D eigenvalue weighted by Gasteiger charge is -2.42. The Balaban J connectivity index is 0.000000193. The van der Waals surface area contributed by atoms with Gasteiger partial charge in [-0.2, -0.15) is 0 Å². The van der Waals surface area contributed by atoms with Gasteiger partial charge in [-0.3, -0.25) is 0 Å². The Morgan fingerprint density at radius 3 is 1.03 bits per heavy atom. The van der Waals surface area contributed by atoms with Crippen LogP contribution in [0.5, 0.6) is 34.5 Å². The first-order valence-corrected chi connectivity index (χ1v) is 20.3. The average Bonchev–Trinajstić information content (AvgIpc) is 3.20. The first-order chi connectivity index (χ1) is 26.9. The van der Waals surface area contributed by atoms with E-state index in [2.05, 4.69) is 38.1 Å². The molecule has 10 rings (SSSR count). The van der Waals surface area contributed by atoms with E-state index in [4.69, 9.17) is 9.05 Å². The van der Waals surface area contributed by atoms with E-state index in [0.29, 0.717) is 11.5 Å². The van der Waals surface area contributed by atoms with E-state index in [1.165, 1.54) is 28.9 Å². The van der Waals surface area contributed by atoms with Crippen molar-refractivity contribution in [1.29, 1.82) is 0 Å². The van der Waals surface area contributed by atoms with E-state index < -0.39 is 7.60 Å². The van der Waals surface area contributed by atoms with Crippen molar-refractivity contribution in [3.05, 3.63) is 214 Å². The van der Waals surface area contributed by atoms with E-state index >= 15 is 0 Å². The van der Waals surface area contributed by atoms with Crippen molar-refractivity contribution in [2.24, 2.45) is 0 Å². The summed E-state index contributed by atoms with van der Waals surface area (Å²) in [6.07, 6.45) is 0. The van der Waals surface area contributed by atoms with Crippen LogP contribution in [0, 0.1) is 0 Å². The maximum Gasteiger partial charge on any atom is 0.427 e. The second-order valence-corrected chi connectivity index (χ2v) is 16.3. The molecule has 3 aliphatic rings. The highest BCUT2D eigenvalue weighted by molar-refractivity contribution is 7.53. The molecule has 4 N–H and O–H groups in total. The third kappa shape index (κ3) is 9.65. The molecule has 2 bridgehead atoms. The number of hydrogen-bond donors (Lipinski definition) is 4. The van der Waals surface area contributed by atoms with Crippen molar-refractivity contribution in [2.45, 2.75) is 53.4 Å². The molecule has 0 unspecified atom stereocenters. The summed E-state index contributed by atoms with van der Waals surface area (Å²) in [6, 6.07) is 52.3. The van der Waals surface area contributed by atoms with Gasteiger partial charge in [-0.15, -0.1) is 0 Å². The molecule has 0 aliphatic heterocycles. The number of hydrogen-bond acceptors (Lipinski definition) is 7. The van der Waals surface area contributed by atoms with Crippen LogP contribution in [0.1, 0.15) is 92.5 Å². The monoisotopic (exact) mass is 810 g/mol. The molecule has 0 radical (unpaired) electrons. The largest absolute Gasteiger partial charge is 0.508 e. The van der Waals surface area contributed by atoms with E-state index in [1.54, 1.807) is 60.7 Å². The number of para-hydroxylation sites is 2. The highest BCUT2D eigenvalue weighted by Crippen LogP contribution is 2.59. The summed E-state index contributed by atoms with van der Waals surface area (Å²) < 4.78 is 22.8. The SMILES string of the molecule is C.C.C.CC(C)(c1ccc(O)cc1)c1ccc(O)cc1.CP(=O)(Oc1ccccc1)Oc1ccccc1.Oc1ccc(O)c2c1C1c3ccccc3C2c2ccccc21. The van der Waals surface area contributed by atoms with Crippen molar-refractivity contribution in [3.8, 4) is 34.5 Å². The third-order valence-electron chi connectivity index (χ3n) is 10.3. The highest BCUT2D eigenvalue weighted by Gasteiger charge is 2.43. The Kier molecular flexibility index (Phi) is 14.5. The van der Waals surface area contributed by atoms with Gasteiger partial charge < -0.3 is 29.5 Å². The maximum absolute atomic E-state index is 12.1. The molecule has 8 heteroatoms. The van der Waals surface area contributed by atoms with Gasteiger partial charge in [0.25, 0.3) is 0 Å². The minimum atomic E-state index is -3.14. The summed E-state index contributed by atoms with van der Waals surface area (Å²) in [7, 11) is -3.14. The molecule has 0 fully saturated rings. The van der Waals surface area contributed by atoms with Crippen LogP contribution < -0.4 is 9.05 Å². The van der Waals surface area contributed by atoms with Gasteiger partial charge in [-0.1, -0.05) is 145 Å². The summed E-state index contributed by atoms with van der Waals surface area (Å²) in [6.45, 7) is 5.69. The summed E-state index contributed by atoms with van der Waals surface area (Å²) >= 11 is 0. The van der Waals surface area contributed by atoms with Gasteiger partial charge in [0, 0.05) is 28.4 Å². The predicted octanol–water partition coefficient (Wildman–Crippen LogP) is 13.4. The van der Waals surface area contributed by atoms with Gasteiger partial charge in [0.15, 0.2) is 0 Å². The molecule has 0 saturated carbocycles. The molecule has 7 aromatic rings. The number of benzene rings is 7. The zero-order valence-electron chi connectivity index (χ0n) is 31.3. The van der Waals surface area contributed by atoms with Crippen LogP contribution in [-0.4, -0.2) is 27.1 Å². The number of phenols is 4.